The quantitative estimate of drug-likeness (QED) is 0.370. The van der Waals surface area contributed by atoms with E-state index < -0.39 is 22.3 Å². The summed E-state index contributed by atoms with van der Waals surface area (Å²) in [6, 6.07) is 3.90. The Kier molecular flexibility index (Phi) is 5.05. The summed E-state index contributed by atoms with van der Waals surface area (Å²) in [6.45, 7) is 4.08. The van der Waals surface area contributed by atoms with Crippen molar-refractivity contribution in [1.82, 2.24) is 4.90 Å². The SMILES string of the molecule is C=CCCCN(C)C(=O)c1cccc([N+](=O)[O-])c1O. The normalized spacial score (nSPS) is 9.95. The number of hydrogen-bond acceptors (Lipinski definition) is 4. The molecule has 0 saturated heterocycles. The third-order valence-electron chi connectivity index (χ3n) is 2.69. The van der Waals surface area contributed by atoms with Crippen molar-refractivity contribution < 1.29 is 14.8 Å². The lowest BCUT2D eigenvalue weighted by Gasteiger charge is -2.17. The summed E-state index contributed by atoms with van der Waals surface area (Å²) in [5.74, 6) is -1.03. The summed E-state index contributed by atoms with van der Waals surface area (Å²) in [5.41, 5.74) is -0.527. The summed E-state index contributed by atoms with van der Waals surface area (Å²) in [4.78, 5) is 23.4. The number of phenolic OH excluding ortho intramolecular Hbond substituents is 1. The van der Waals surface area contributed by atoms with Crippen LogP contribution in [0.2, 0.25) is 0 Å². The van der Waals surface area contributed by atoms with E-state index in [1.165, 1.54) is 17.0 Å². The molecule has 1 amide bonds. The van der Waals surface area contributed by atoms with E-state index in [1.54, 1.807) is 13.1 Å². The van der Waals surface area contributed by atoms with E-state index in [4.69, 9.17) is 0 Å². The van der Waals surface area contributed by atoms with Crippen molar-refractivity contribution in [3.8, 4) is 5.75 Å². The number of rotatable bonds is 6. The molecule has 102 valence electrons. The maximum Gasteiger partial charge on any atom is 0.311 e. The van der Waals surface area contributed by atoms with Crippen molar-refractivity contribution in [2.45, 2.75) is 12.8 Å². The summed E-state index contributed by atoms with van der Waals surface area (Å²) in [6.07, 6.45) is 3.28. The van der Waals surface area contributed by atoms with Gasteiger partial charge in [0.15, 0.2) is 0 Å². The number of carbonyl (C=O) groups excluding carboxylic acids is 1. The van der Waals surface area contributed by atoms with Crippen LogP contribution in [0.1, 0.15) is 23.2 Å². The molecule has 0 unspecified atom stereocenters. The molecule has 6 nitrogen and oxygen atoms in total. The Morgan fingerprint density at radius 1 is 1.58 bits per heavy atom. The molecular formula is C13H16N2O4. The summed E-state index contributed by atoms with van der Waals surface area (Å²) in [5, 5.41) is 20.4. The van der Waals surface area contributed by atoms with Gasteiger partial charge in [-0.2, -0.15) is 0 Å². The van der Waals surface area contributed by atoms with Crippen LogP contribution < -0.4 is 0 Å². The van der Waals surface area contributed by atoms with E-state index in [2.05, 4.69) is 6.58 Å². The first-order chi connectivity index (χ1) is 8.99. The van der Waals surface area contributed by atoms with E-state index in [1.807, 2.05) is 0 Å². The molecule has 0 bridgehead atoms. The smallest absolute Gasteiger partial charge is 0.311 e. The van der Waals surface area contributed by atoms with Gasteiger partial charge in [-0.1, -0.05) is 12.1 Å². The molecule has 0 radical (unpaired) electrons. The average Bonchev–Trinajstić information content (AvgIpc) is 2.38. The fourth-order valence-electron chi connectivity index (χ4n) is 1.63. The van der Waals surface area contributed by atoms with Gasteiger partial charge in [0.05, 0.1) is 10.5 Å². The van der Waals surface area contributed by atoms with Crippen molar-refractivity contribution in [2.24, 2.45) is 0 Å². The van der Waals surface area contributed by atoms with Gasteiger partial charge in [-0.15, -0.1) is 6.58 Å². The van der Waals surface area contributed by atoms with Gasteiger partial charge in [0.1, 0.15) is 0 Å². The predicted molar refractivity (Wildman–Crippen MR) is 71.2 cm³/mol. The molecule has 0 saturated carbocycles. The first kappa shape index (κ1) is 14.7. The number of hydrogen-bond donors (Lipinski definition) is 1. The lowest BCUT2D eigenvalue weighted by Crippen LogP contribution is -2.27. The van der Waals surface area contributed by atoms with Crippen molar-refractivity contribution in [1.29, 1.82) is 0 Å². The van der Waals surface area contributed by atoms with Crippen LogP contribution in [0.4, 0.5) is 5.69 Å². The largest absolute Gasteiger partial charge is 0.502 e. The maximum atomic E-state index is 12.1. The molecule has 0 heterocycles. The molecule has 1 aromatic rings. The standard InChI is InChI=1S/C13H16N2O4/c1-3-4-5-9-14(2)13(17)10-7-6-8-11(12(10)16)15(18)19/h3,6-8,16H,1,4-5,9H2,2H3. The molecule has 0 spiro atoms. The van der Waals surface area contributed by atoms with Crippen LogP contribution in [-0.4, -0.2) is 34.4 Å². The second-order valence-electron chi connectivity index (χ2n) is 4.09. The van der Waals surface area contributed by atoms with Gasteiger partial charge in [0, 0.05) is 19.7 Å². The zero-order valence-electron chi connectivity index (χ0n) is 10.7. The van der Waals surface area contributed by atoms with Crippen LogP contribution in [0.5, 0.6) is 5.75 Å². The van der Waals surface area contributed by atoms with Crippen LogP contribution in [0, 0.1) is 10.1 Å². The predicted octanol–water partition coefficient (Wildman–Crippen LogP) is 2.34. The number of para-hydroxylation sites is 1. The number of allylic oxidation sites excluding steroid dienone is 1. The lowest BCUT2D eigenvalue weighted by atomic mass is 10.1. The van der Waals surface area contributed by atoms with E-state index >= 15 is 0 Å². The van der Waals surface area contributed by atoms with Crippen LogP contribution in [0.15, 0.2) is 30.9 Å². The fourth-order valence-corrected chi connectivity index (χ4v) is 1.63. The average molecular weight is 264 g/mol. The number of aromatic hydroxyl groups is 1. The third kappa shape index (κ3) is 3.54. The number of unbranched alkanes of at least 4 members (excludes halogenated alkanes) is 1. The summed E-state index contributed by atoms with van der Waals surface area (Å²) < 4.78 is 0. The Labute approximate surface area is 111 Å². The first-order valence-corrected chi connectivity index (χ1v) is 5.81. The highest BCUT2D eigenvalue weighted by molar-refractivity contribution is 5.97. The molecule has 0 aromatic heterocycles. The summed E-state index contributed by atoms with van der Waals surface area (Å²) in [7, 11) is 1.59. The Morgan fingerprint density at radius 2 is 2.26 bits per heavy atom. The number of benzene rings is 1. The minimum absolute atomic E-state index is 0.0599. The molecule has 1 N–H and O–H groups in total. The summed E-state index contributed by atoms with van der Waals surface area (Å²) >= 11 is 0. The molecular weight excluding hydrogens is 248 g/mol. The Bertz CT molecular complexity index is 499. The van der Waals surface area contributed by atoms with Crippen LogP contribution in [-0.2, 0) is 0 Å². The van der Waals surface area contributed by atoms with Crippen molar-refractivity contribution >= 4 is 11.6 Å². The number of nitro groups is 1. The second-order valence-corrected chi connectivity index (χ2v) is 4.09. The number of carbonyl (C=O) groups is 1. The van der Waals surface area contributed by atoms with Gasteiger partial charge < -0.3 is 10.0 Å². The molecule has 19 heavy (non-hydrogen) atoms. The van der Waals surface area contributed by atoms with Crippen molar-refractivity contribution in [2.75, 3.05) is 13.6 Å². The zero-order valence-corrected chi connectivity index (χ0v) is 10.7. The van der Waals surface area contributed by atoms with Gasteiger partial charge in [0.2, 0.25) is 5.75 Å². The molecule has 0 atom stereocenters. The Morgan fingerprint density at radius 3 is 2.84 bits per heavy atom. The molecule has 0 aliphatic rings. The van der Waals surface area contributed by atoms with E-state index in [-0.39, 0.29) is 5.56 Å². The van der Waals surface area contributed by atoms with Crippen LogP contribution in [0.3, 0.4) is 0 Å². The van der Waals surface area contributed by atoms with E-state index in [0.717, 1.165) is 18.9 Å². The maximum absolute atomic E-state index is 12.1. The third-order valence-corrected chi connectivity index (χ3v) is 2.69. The molecule has 1 aromatic carbocycles. The highest BCUT2D eigenvalue weighted by Crippen LogP contribution is 2.29. The van der Waals surface area contributed by atoms with Crippen molar-refractivity contribution in [3.05, 3.63) is 46.5 Å². The molecule has 0 fully saturated rings. The highest BCUT2D eigenvalue weighted by atomic mass is 16.6. The number of amides is 1. The van der Waals surface area contributed by atoms with Gasteiger partial charge in [-0.05, 0) is 18.9 Å². The minimum atomic E-state index is -0.718. The molecule has 6 heteroatoms. The lowest BCUT2D eigenvalue weighted by molar-refractivity contribution is -0.385. The first-order valence-electron chi connectivity index (χ1n) is 5.81. The minimum Gasteiger partial charge on any atom is -0.502 e. The number of nitro benzene ring substituents is 1. The molecule has 1 rings (SSSR count). The topological polar surface area (TPSA) is 83.7 Å². The second kappa shape index (κ2) is 6.53. The van der Waals surface area contributed by atoms with Gasteiger partial charge in [-0.3, -0.25) is 14.9 Å². The van der Waals surface area contributed by atoms with E-state index in [0.29, 0.717) is 6.54 Å². The number of nitrogens with zero attached hydrogens (tertiary/aromatic N) is 2. The highest BCUT2D eigenvalue weighted by Gasteiger charge is 2.22. The van der Waals surface area contributed by atoms with Gasteiger partial charge >= 0.3 is 5.69 Å². The van der Waals surface area contributed by atoms with Crippen LogP contribution >= 0.6 is 0 Å². The fraction of sp³-hybridized carbons (Fsp3) is 0.308. The molecule has 0 aliphatic heterocycles. The van der Waals surface area contributed by atoms with Gasteiger partial charge in [0.25, 0.3) is 5.91 Å². The Hall–Kier alpha value is -2.37. The molecule has 0 aliphatic carbocycles. The number of phenols is 1. The van der Waals surface area contributed by atoms with Gasteiger partial charge in [-0.25, -0.2) is 0 Å². The van der Waals surface area contributed by atoms with E-state index in [9.17, 15) is 20.0 Å². The van der Waals surface area contributed by atoms with Crippen LogP contribution in [0.25, 0.3) is 0 Å². The Balaban J connectivity index is 2.90. The van der Waals surface area contributed by atoms with Crippen molar-refractivity contribution in [3.63, 3.8) is 0 Å². The zero-order chi connectivity index (χ0) is 14.4. The monoisotopic (exact) mass is 264 g/mol.